The molecule has 6 heteroatoms. The number of nitrogens with zero attached hydrogens (tertiary/aromatic N) is 3. The second-order valence-corrected chi connectivity index (χ2v) is 6.40. The Morgan fingerprint density at radius 2 is 2.04 bits per heavy atom. The zero-order valence-electron chi connectivity index (χ0n) is 14.2. The van der Waals surface area contributed by atoms with Crippen LogP contribution in [0.15, 0.2) is 36.5 Å². The predicted molar refractivity (Wildman–Crippen MR) is 97.8 cm³/mol. The van der Waals surface area contributed by atoms with Crippen molar-refractivity contribution in [2.24, 2.45) is 11.7 Å². The van der Waals surface area contributed by atoms with Gasteiger partial charge in [0.25, 0.3) is 5.91 Å². The smallest absolute Gasteiger partial charge is 0.257 e. The van der Waals surface area contributed by atoms with Crippen LogP contribution in [0.5, 0.6) is 0 Å². The Bertz CT molecular complexity index is 684. The fourth-order valence-corrected chi connectivity index (χ4v) is 3.24. The topological polar surface area (TPSA) is 64.2 Å². The summed E-state index contributed by atoms with van der Waals surface area (Å²) >= 11 is 0. The van der Waals surface area contributed by atoms with Crippen molar-refractivity contribution in [3.8, 4) is 5.69 Å². The second kappa shape index (κ2) is 7.81. The summed E-state index contributed by atoms with van der Waals surface area (Å²) in [5, 5.41) is 4.40. The van der Waals surface area contributed by atoms with Gasteiger partial charge in [-0.15, -0.1) is 12.4 Å². The highest BCUT2D eigenvalue weighted by Crippen LogP contribution is 2.22. The zero-order chi connectivity index (χ0) is 16.4. The van der Waals surface area contributed by atoms with Crippen LogP contribution in [0, 0.1) is 12.8 Å². The van der Waals surface area contributed by atoms with Gasteiger partial charge in [0.15, 0.2) is 0 Å². The number of hydrogen-bond donors (Lipinski definition) is 1. The Balaban J connectivity index is 0.00000208. The van der Waals surface area contributed by atoms with E-state index in [1.165, 1.54) is 0 Å². The summed E-state index contributed by atoms with van der Waals surface area (Å²) in [7, 11) is 0. The standard InChI is InChI=1S/C18H24N4O.ClH/c1-13(19)15-7-6-10-21(12-15)18(23)17-11-20-22(14(17)2)16-8-4-3-5-9-16;/h3-5,8-9,11,13,15H,6-7,10,12,19H2,1-2H3;1H. The van der Waals surface area contributed by atoms with Gasteiger partial charge in [-0.2, -0.15) is 5.10 Å². The highest BCUT2D eigenvalue weighted by Gasteiger charge is 2.28. The zero-order valence-corrected chi connectivity index (χ0v) is 15.0. The lowest BCUT2D eigenvalue weighted by molar-refractivity contribution is 0.0660. The fourth-order valence-electron chi connectivity index (χ4n) is 3.24. The van der Waals surface area contributed by atoms with Crippen molar-refractivity contribution < 1.29 is 4.79 Å². The molecule has 2 aromatic rings. The molecule has 0 radical (unpaired) electrons. The van der Waals surface area contributed by atoms with Crippen molar-refractivity contribution >= 4 is 18.3 Å². The van der Waals surface area contributed by atoms with Gasteiger partial charge < -0.3 is 10.6 Å². The van der Waals surface area contributed by atoms with E-state index in [1.807, 2.05) is 53.8 Å². The minimum absolute atomic E-state index is 0. The molecule has 130 valence electrons. The van der Waals surface area contributed by atoms with Crippen LogP contribution < -0.4 is 5.73 Å². The number of benzene rings is 1. The van der Waals surface area contributed by atoms with Gasteiger partial charge in [-0.25, -0.2) is 4.68 Å². The quantitative estimate of drug-likeness (QED) is 0.927. The van der Waals surface area contributed by atoms with E-state index in [4.69, 9.17) is 5.73 Å². The van der Waals surface area contributed by atoms with Gasteiger partial charge in [0.05, 0.1) is 23.1 Å². The number of carbonyl (C=O) groups is 1. The summed E-state index contributed by atoms with van der Waals surface area (Å²) in [6, 6.07) is 10.0. The maximum absolute atomic E-state index is 12.9. The molecule has 2 unspecified atom stereocenters. The molecule has 2 atom stereocenters. The van der Waals surface area contributed by atoms with Gasteiger partial charge in [0.1, 0.15) is 0 Å². The second-order valence-electron chi connectivity index (χ2n) is 6.40. The molecule has 1 amide bonds. The molecule has 0 aliphatic carbocycles. The van der Waals surface area contributed by atoms with Crippen LogP contribution in [0.4, 0.5) is 0 Å². The highest BCUT2D eigenvalue weighted by molar-refractivity contribution is 5.95. The van der Waals surface area contributed by atoms with Gasteiger partial charge in [-0.1, -0.05) is 18.2 Å². The number of piperidine rings is 1. The molecule has 3 rings (SSSR count). The third kappa shape index (κ3) is 3.62. The Labute approximate surface area is 149 Å². The van der Waals surface area contributed by atoms with Crippen molar-refractivity contribution in [3.05, 3.63) is 47.8 Å². The number of carbonyl (C=O) groups excluding carboxylic acids is 1. The number of likely N-dealkylation sites (tertiary alicyclic amines) is 1. The molecule has 1 saturated heterocycles. The average molecular weight is 349 g/mol. The Morgan fingerprint density at radius 1 is 1.33 bits per heavy atom. The summed E-state index contributed by atoms with van der Waals surface area (Å²) < 4.78 is 1.82. The minimum atomic E-state index is 0. The summed E-state index contributed by atoms with van der Waals surface area (Å²) in [4.78, 5) is 14.8. The summed E-state index contributed by atoms with van der Waals surface area (Å²) in [6.45, 7) is 5.52. The third-order valence-corrected chi connectivity index (χ3v) is 4.73. The molecule has 2 heterocycles. The molecular weight excluding hydrogens is 324 g/mol. The lowest BCUT2D eigenvalue weighted by atomic mass is 9.92. The van der Waals surface area contributed by atoms with E-state index in [1.54, 1.807) is 6.20 Å². The molecule has 1 aromatic heterocycles. The van der Waals surface area contributed by atoms with E-state index in [9.17, 15) is 4.79 Å². The molecule has 1 fully saturated rings. The maximum atomic E-state index is 12.9. The molecule has 1 aromatic carbocycles. The van der Waals surface area contributed by atoms with E-state index in [0.717, 1.165) is 37.3 Å². The van der Waals surface area contributed by atoms with Crippen LogP contribution in [-0.2, 0) is 0 Å². The molecule has 0 saturated carbocycles. The van der Waals surface area contributed by atoms with Crippen LogP contribution in [0.2, 0.25) is 0 Å². The first-order valence-electron chi connectivity index (χ1n) is 8.23. The molecule has 0 spiro atoms. The molecule has 5 nitrogen and oxygen atoms in total. The number of hydrogen-bond acceptors (Lipinski definition) is 3. The van der Waals surface area contributed by atoms with E-state index < -0.39 is 0 Å². The van der Waals surface area contributed by atoms with Gasteiger partial charge in [0.2, 0.25) is 0 Å². The summed E-state index contributed by atoms with van der Waals surface area (Å²) in [5.74, 6) is 0.451. The average Bonchev–Trinajstić information content (AvgIpc) is 2.96. The number of halogens is 1. The third-order valence-electron chi connectivity index (χ3n) is 4.73. The molecule has 1 aliphatic rings. The molecular formula is C18H25ClN4O. The van der Waals surface area contributed by atoms with Gasteiger partial charge >= 0.3 is 0 Å². The fraction of sp³-hybridized carbons (Fsp3) is 0.444. The molecule has 0 bridgehead atoms. The summed E-state index contributed by atoms with van der Waals surface area (Å²) in [6.07, 6.45) is 3.80. The molecule has 2 N–H and O–H groups in total. The van der Waals surface area contributed by atoms with Crippen LogP contribution >= 0.6 is 12.4 Å². The Morgan fingerprint density at radius 3 is 2.71 bits per heavy atom. The van der Waals surface area contributed by atoms with Crippen LogP contribution in [0.3, 0.4) is 0 Å². The Kier molecular flexibility index (Phi) is 6.02. The van der Waals surface area contributed by atoms with Gasteiger partial charge in [-0.05, 0) is 44.7 Å². The van der Waals surface area contributed by atoms with E-state index in [0.29, 0.717) is 11.5 Å². The van der Waals surface area contributed by atoms with Crippen molar-refractivity contribution in [1.29, 1.82) is 0 Å². The van der Waals surface area contributed by atoms with Crippen molar-refractivity contribution in [2.45, 2.75) is 32.7 Å². The van der Waals surface area contributed by atoms with Crippen molar-refractivity contribution in [1.82, 2.24) is 14.7 Å². The van der Waals surface area contributed by atoms with Gasteiger partial charge in [-0.3, -0.25) is 4.79 Å². The van der Waals surface area contributed by atoms with Gasteiger partial charge in [0, 0.05) is 19.1 Å². The number of amides is 1. The predicted octanol–water partition coefficient (Wildman–Crippen LogP) is 2.80. The van der Waals surface area contributed by atoms with E-state index in [-0.39, 0.29) is 24.4 Å². The number of rotatable bonds is 3. The van der Waals surface area contributed by atoms with Crippen LogP contribution in [0.25, 0.3) is 5.69 Å². The van der Waals surface area contributed by atoms with E-state index in [2.05, 4.69) is 5.10 Å². The molecule has 1 aliphatic heterocycles. The van der Waals surface area contributed by atoms with Crippen LogP contribution in [0.1, 0.15) is 35.8 Å². The number of nitrogens with two attached hydrogens (primary N) is 1. The SMILES string of the molecule is Cc1c(C(=O)N2CCCC(C(C)N)C2)cnn1-c1ccccc1.Cl. The lowest BCUT2D eigenvalue weighted by Gasteiger charge is -2.34. The maximum Gasteiger partial charge on any atom is 0.257 e. The minimum Gasteiger partial charge on any atom is -0.338 e. The van der Waals surface area contributed by atoms with Crippen molar-refractivity contribution in [3.63, 3.8) is 0 Å². The number of para-hydroxylation sites is 1. The molecule has 24 heavy (non-hydrogen) atoms. The summed E-state index contributed by atoms with van der Waals surface area (Å²) in [5.41, 5.74) is 8.55. The first-order valence-corrected chi connectivity index (χ1v) is 8.23. The van der Waals surface area contributed by atoms with Crippen molar-refractivity contribution in [2.75, 3.05) is 13.1 Å². The van der Waals surface area contributed by atoms with E-state index >= 15 is 0 Å². The first-order chi connectivity index (χ1) is 11.1. The van der Waals surface area contributed by atoms with Crippen LogP contribution in [-0.4, -0.2) is 39.7 Å². The lowest BCUT2D eigenvalue weighted by Crippen LogP contribution is -2.45. The first kappa shape index (κ1) is 18.5. The number of aromatic nitrogens is 2. The normalized spacial score (nSPS) is 18.8. The Hall–Kier alpha value is -1.85. The largest absolute Gasteiger partial charge is 0.338 e. The highest BCUT2D eigenvalue weighted by atomic mass is 35.5. The monoisotopic (exact) mass is 348 g/mol.